The van der Waals surface area contributed by atoms with Crippen LogP contribution in [0.1, 0.15) is 44.3 Å². The number of nitrogens with zero attached hydrogens (tertiary/aromatic N) is 3. The normalized spacial score (nSPS) is 23.9. The molecule has 0 saturated heterocycles. The van der Waals surface area contributed by atoms with Gasteiger partial charge >= 0.3 is 0 Å². The first-order valence-corrected chi connectivity index (χ1v) is 7.71. The lowest BCUT2D eigenvalue weighted by Gasteiger charge is -2.32. The highest BCUT2D eigenvalue weighted by Crippen LogP contribution is 2.36. The Balaban J connectivity index is 1.90. The quantitative estimate of drug-likeness (QED) is 0.669. The van der Waals surface area contributed by atoms with E-state index in [4.69, 9.17) is 5.84 Å². The molecule has 3 unspecified atom stereocenters. The summed E-state index contributed by atoms with van der Waals surface area (Å²) in [6.07, 6.45) is 6.84. The number of rotatable bonds is 4. The molecule has 0 radical (unpaired) electrons. The first kappa shape index (κ1) is 14.2. The van der Waals surface area contributed by atoms with Crippen LogP contribution in [0.15, 0.2) is 36.5 Å². The standard InChI is InChI=1S/C16H23N5/c1-12-6-5-7-13(10-12)16(19-17)15-11-18-20-21(15)14-8-3-2-4-9-14/h2-4,8-9,11-13,16,19H,5-7,10,17H2,1H3. The van der Waals surface area contributed by atoms with Gasteiger partial charge in [-0.05, 0) is 36.8 Å². The molecular formula is C16H23N5. The molecule has 3 rings (SSSR count). The summed E-state index contributed by atoms with van der Waals surface area (Å²) in [7, 11) is 0. The van der Waals surface area contributed by atoms with E-state index in [0.717, 1.165) is 17.3 Å². The Kier molecular flexibility index (Phi) is 4.31. The highest BCUT2D eigenvalue weighted by Gasteiger charge is 2.29. The molecule has 1 aliphatic rings. The largest absolute Gasteiger partial charge is 0.271 e. The molecule has 3 atom stereocenters. The fourth-order valence-corrected chi connectivity index (χ4v) is 3.47. The van der Waals surface area contributed by atoms with E-state index < -0.39 is 0 Å². The smallest absolute Gasteiger partial charge is 0.0831 e. The zero-order valence-electron chi connectivity index (χ0n) is 12.4. The number of hydrogen-bond acceptors (Lipinski definition) is 4. The predicted molar refractivity (Wildman–Crippen MR) is 82.5 cm³/mol. The second-order valence-electron chi connectivity index (χ2n) is 6.08. The lowest BCUT2D eigenvalue weighted by atomic mass is 9.78. The van der Waals surface area contributed by atoms with E-state index in [0.29, 0.717) is 5.92 Å². The van der Waals surface area contributed by atoms with E-state index in [1.54, 1.807) is 0 Å². The molecular weight excluding hydrogens is 262 g/mol. The van der Waals surface area contributed by atoms with Crippen LogP contribution in [-0.2, 0) is 0 Å². The third kappa shape index (κ3) is 2.99. The average Bonchev–Trinajstić information content (AvgIpc) is 2.98. The number of nitrogens with two attached hydrogens (primary N) is 1. The first-order chi connectivity index (χ1) is 10.3. The maximum absolute atomic E-state index is 5.87. The Morgan fingerprint density at radius 1 is 1.29 bits per heavy atom. The number of nitrogens with one attached hydrogen (secondary N) is 1. The molecule has 1 aliphatic carbocycles. The average molecular weight is 285 g/mol. The number of para-hydroxylation sites is 1. The van der Waals surface area contributed by atoms with Gasteiger partial charge in [0.1, 0.15) is 0 Å². The highest BCUT2D eigenvalue weighted by atomic mass is 15.4. The second kappa shape index (κ2) is 6.37. The Morgan fingerprint density at radius 2 is 2.10 bits per heavy atom. The van der Waals surface area contributed by atoms with Gasteiger partial charge in [0.2, 0.25) is 0 Å². The summed E-state index contributed by atoms with van der Waals surface area (Å²) in [5.41, 5.74) is 5.07. The van der Waals surface area contributed by atoms with Crippen LogP contribution in [0.4, 0.5) is 0 Å². The minimum Gasteiger partial charge on any atom is -0.271 e. The van der Waals surface area contributed by atoms with Crippen LogP contribution < -0.4 is 11.3 Å². The molecule has 1 aromatic carbocycles. The number of hydrogen-bond donors (Lipinski definition) is 2. The van der Waals surface area contributed by atoms with Gasteiger partial charge in [0.05, 0.1) is 23.6 Å². The van der Waals surface area contributed by atoms with Crippen LogP contribution >= 0.6 is 0 Å². The van der Waals surface area contributed by atoms with E-state index in [1.807, 2.05) is 41.2 Å². The minimum absolute atomic E-state index is 0.1000. The molecule has 1 saturated carbocycles. The number of aromatic nitrogens is 3. The van der Waals surface area contributed by atoms with E-state index in [-0.39, 0.29) is 6.04 Å². The molecule has 2 aromatic rings. The van der Waals surface area contributed by atoms with Gasteiger partial charge in [-0.3, -0.25) is 11.3 Å². The lowest BCUT2D eigenvalue weighted by molar-refractivity contribution is 0.220. The van der Waals surface area contributed by atoms with Crippen molar-refractivity contribution < 1.29 is 0 Å². The summed E-state index contributed by atoms with van der Waals surface area (Å²) in [6.45, 7) is 2.33. The predicted octanol–water partition coefficient (Wildman–Crippen LogP) is 2.60. The van der Waals surface area contributed by atoms with Crippen molar-refractivity contribution in [3.8, 4) is 5.69 Å². The summed E-state index contributed by atoms with van der Waals surface area (Å²) in [5.74, 6) is 7.17. The fraction of sp³-hybridized carbons (Fsp3) is 0.500. The van der Waals surface area contributed by atoms with Crippen LogP contribution in [0.2, 0.25) is 0 Å². The molecule has 21 heavy (non-hydrogen) atoms. The minimum atomic E-state index is 0.1000. The van der Waals surface area contributed by atoms with E-state index in [2.05, 4.69) is 22.7 Å². The van der Waals surface area contributed by atoms with Crippen molar-refractivity contribution >= 4 is 0 Å². The number of hydrazine groups is 1. The van der Waals surface area contributed by atoms with Crippen molar-refractivity contribution in [3.05, 3.63) is 42.2 Å². The Morgan fingerprint density at radius 3 is 2.81 bits per heavy atom. The zero-order chi connectivity index (χ0) is 14.7. The first-order valence-electron chi connectivity index (χ1n) is 7.71. The summed E-state index contributed by atoms with van der Waals surface area (Å²) < 4.78 is 1.89. The fourth-order valence-electron chi connectivity index (χ4n) is 3.47. The number of benzene rings is 1. The lowest BCUT2D eigenvalue weighted by Crippen LogP contribution is -2.36. The molecule has 0 aliphatic heterocycles. The van der Waals surface area contributed by atoms with Gasteiger partial charge in [0.25, 0.3) is 0 Å². The Labute approximate surface area is 125 Å². The third-order valence-electron chi connectivity index (χ3n) is 4.52. The van der Waals surface area contributed by atoms with Crippen molar-refractivity contribution in [2.75, 3.05) is 0 Å². The van der Waals surface area contributed by atoms with Crippen molar-refractivity contribution in [3.63, 3.8) is 0 Å². The zero-order valence-corrected chi connectivity index (χ0v) is 12.4. The Bertz CT molecular complexity index is 565. The molecule has 0 amide bonds. The maximum atomic E-state index is 5.87. The summed E-state index contributed by atoms with van der Waals surface area (Å²) in [5, 5.41) is 8.34. The molecule has 5 nitrogen and oxygen atoms in total. The molecule has 1 fully saturated rings. The molecule has 112 valence electrons. The van der Waals surface area contributed by atoms with Gasteiger partial charge in [-0.15, -0.1) is 5.10 Å². The van der Waals surface area contributed by atoms with Gasteiger partial charge < -0.3 is 0 Å². The third-order valence-corrected chi connectivity index (χ3v) is 4.52. The van der Waals surface area contributed by atoms with Gasteiger partial charge in [0.15, 0.2) is 0 Å². The van der Waals surface area contributed by atoms with Crippen molar-refractivity contribution in [1.82, 2.24) is 20.4 Å². The van der Waals surface area contributed by atoms with Crippen LogP contribution in [0, 0.1) is 11.8 Å². The topological polar surface area (TPSA) is 68.8 Å². The molecule has 0 spiro atoms. The summed E-state index contributed by atoms with van der Waals surface area (Å²) in [4.78, 5) is 0. The van der Waals surface area contributed by atoms with Gasteiger partial charge in [-0.25, -0.2) is 4.68 Å². The maximum Gasteiger partial charge on any atom is 0.0831 e. The van der Waals surface area contributed by atoms with Crippen LogP contribution in [0.3, 0.4) is 0 Å². The second-order valence-corrected chi connectivity index (χ2v) is 6.08. The molecule has 1 heterocycles. The molecule has 0 bridgehead atoms. The van der Waals surface area contributed by atoms with Gasteiger partial charge in [0, 0.05) is 0 Å². The van der Waals surface area contributed by atoms with Gasteiger partial charge in [-0.1, -0.05) is 43.2 Å². The van der Waals surface area contributed by atoms with Gasteiger partial charge in [-0.2, -0.15) is 0 Å². The van der Waals surface area contributed by atoms with Crippen LogP contribution in [-0.4, -0.2) is 15.0 Å². The highest BCUT2D eigenvalue weighted by molar-refractivity contribution is 5.32. The van der Waals surface area contributed by atoms with Crippen LogP contribution in [0.25, 0.3) is 5.69 Å². The molecule has 3 N–H and O–H groups in total. The Hall–Kier alpha value is -1.72. The van der Waals surface area contributed by atoms with Crippen LogP contribution in [0.5, 0.6) is 0 Å². The summed E-state index contributed by atoms with van der Waals surface area (Å²) in [6, 6.07) is 10.2. The monoisotopic (exact) mass is 285 g/mol. The molecule has 1 aromatic heterocycles. The summed E-state index contributed by atoms with van der Waals surface area (Å²) >= 11 is 0. The molecule has 5 heteroatoms. The van der Waals surface area contributed by atoms with E-state index in [9.17, 15) is 0 Å². The van der Waals surface area contributed by atoms with Crippen molar-refractivity contribution in [2.24, 2.45) is 17.7 Å². The van der Waals surface area contributed by atoms with Crippen molar-refractivity contribution in [2.45, 2.75) is 38.6 Å². The van der Waals surface area contributed by atoms with Crippen molar-refractivity contribution in [1.29, 1.82) is 0 Å². The van der Waals surface area contributed by atoms with E-state index in [1.165, 1.54) is 25.7 Å². The SMILES string of the molecule is CC1CCCC(C(NN)c2cnnn2-c2ccccc2)C1. The van der Waals surface area contributed by atoms with E-state index >= 15 is 0 Å².